The summed E-state index contributed by atoms with van der Waals surface area (Å²) >= 11 is 0. The van der Waals surface area contributed by atoms with E-state index in [0.29, 0.717) is 0 Å². The van der Waals surface area contributed by atoms with E-state index in [-0.39, 0.29) is 11.4 Å². The summed E-state index contributed by atoms with van der Waals surface area (Å²) in [6.45, 7) is 0. The fourth-order valence-electron chi connectivity index (χ4n) is 1.26. The second-order valence-electron chi connectivity index (χ2n) is 3.36. The highest BCUT2D eigenvalue weighted by Gasteiger charge is 2.12. The molecule has 7 heteroatoms. The highest BCUT2D eigenvalue weighted by molar-refractivity contribution is 6.02. The lowest BCUT2D eigenvalue weighted by Gasteiger charge is -2.05. The van der Waals surface area contributed by atoms with E-state index in [1.54, 1.807) is 0 Å². The van der Waals surface area contributed by atoms with Gasteiger partial charge in [-0.1, -0.05) is 6.07 Å². The number of benzene rings is 1. The minimum absolute atomic E-state index is 0.113. The van der Waals surface area contributed by atoms with Crippen molar-refractivity contribution in [2.24, 2.45) is 0 Å². The zero-order chi connectivity index (χ0) is 13.1. The highest BCUT2D eigenvalue weighted by Crippen LogP contribution is 2.16. The average Bonchev–Trinajstić information content (AvgIpc) is 2.36. The third-order valence-corrected chi connectivity index (χ3v) is 2.11. The fraction of sp³-hybridized carbons (Fsp3) is 0. The molecule has 0 saturated carbocycles. The molecule has 0 fully saturated rings. The van der Waals surface area contributed by atoms with Crippen molar-refractivity contribution >= 4 is 11.6 Å². The van der Waals surface area contributed by atoms with Crippen LogP contribution >= 0.6 is 0 Å². The third-order valence-electron chi connectivity index (χ3n) is 2.11. The van der Waals surface area contributed by atoms with Crippen molar-refractivity contribution in [1.29, 1.82) is 0 Å². The molecule has 0 atom stereocenters. The quantitative estimate of drug-likeness (QED) is 0.844. The number of amides is 1. The molecule has 1 aromatic heterocycles. The number of nitrogens with zero attached hydrogens (tertiary/aromatic N) is 1. The van der Waals surface area contributed by atoms with Gasteiger partial charge in [0.25, 0.3) is 11.5 Å². The molecule has 0 aliphatic heterocycles. The molecule has 18 heavy (non-hydrogen) atoms. The van der Waals surface area contributed by atoms with Gasteiger partial charge in [0.15, 0.2) is 11.6 Å². The number of hydrogen-bond donors (Lipinski definition) is 2. The highest BCUT2D eigenvalue weighted by atomic mass is 19.2. The van der Waals surface area contributed by atoms with Gasteiger partial charge in [0.05, 0.1) is 5.69 Å². The van der Waals surface area contributed by atoms with Crippen LogP contribution in [-0.2, 0) is 0 Å². The minimum atomic E-state index is -1.16. The van der Waals surface area contributed by atoms with Gasteiger partial charge in [0.1, 0.15) is 5.69 Å². The lowest BCUT2D eigenvalue weighted by molar-refractivity contribution is 0.102. The van der Waals surface area contributed by atoms with E-state index < -0.39 is 23.1 Å². The maximum Gasteiger partial charge on any atom is 0.276 e. The van der Waals surface area contributed by atoms with Gasteiger partial charge in [0, 0.05) is 6.07 Å². The molecule has 0 unspecified atom stereocenters. The van der Waals surface area contributed by atoms with Crippen LogP contribution in [0.25, 0.3) is 0 Å². The molecule has 5 nitrogen and oxygen atoms in total. The van der Waals surface area contributed by atoms with Crippen molar-refractivity contribution < 1.29 is 13.6 Å². The summed E-state index contributed by atoms with van der Waals surface area (Å²) in [5.74, 6) is -2.98. The normalized spacial score (nSPS) is 10.1. The first-order valence-electron chi connectivity index (χ1n) is 4.89. The van der Waals surface area contributed by atoms with Gasteiger partial charge in [0.2, 0.25) is 0 Å². The van der Waals surface area contributed by atoms with Crippen molar-refractivity contribution in [2.45, 2.75) is 0 Å². The molecular formula is C11H7F2N3O2. The summed E-state index contributed by atoms with van der Waals surface area (Å²) in [5.41, 5.74) is -0.880. The molecular weight excluding hydrogens is 244 g/mol. The number of anilines is 1. The van der Waals surface area contributed by atoms with Crippen molar-refractivity contribution in [2.75, 3.05) is 5.32 Å². The molecule has 1 aromatic carbocycles. The maximum atomic E-state index is 13.3. The lowest BCUT2D eigenvalue weighted by Crippen LogP contribution is -2.18. The number of H-pyrrole nitrogens is 1. The standard InChI is InChI=1S/C11H7F2N3O2/c12-6-2-1-3-7(10(6)13)14-11(18)8-4-5-9(17)16-15-8/h1-5H,(H,14,18)(H,16,17). The smallest absolute Gasteiger partial charge is 0.276 e. The molecule has 1 amide bonds. The van der Waals surface area contributed by atoms with Crippen LogP contribution in [0.1, 0.15) is 10.5 Å². The van der Waals surface area contributed by atoms with Gasteiger partial charge in [-0.25, -0.2) is 13.9 Å². The zero-order valence-corrected chi connectivity index (χ0v) is 8.91. The lowest BCUT2D eigenvalue weighted by atomic mass is 10.2. The van der Waals surface area contributed by atoms with Crippen molar-refractivity contribution in [3.05, 3.63) is 58.0 Å². The zero-order valence-electron chi connectivity index (χ0n) is 8.91. The monoisotopic (exact) mass is 251 g/mol. The molecule has 2 N–H and O–H groups in total. The Balaban J connectivity index is 2.24. The van der Waals surface area contributed by atoms with Gasteiger partial charge in [-0.3, -0.25) is 9.59 Å². The van der Waals surface area contributed by atoms with Gasteiger partial charge in [-0.05, 0) is 18.2 Å². The number of halogens is 2. The second kappa shape index (κ2) is 4.74. The Morgan fingerprint density at radius 2 is 2.00 bits per heavy atom. The molecule has 0 saturated heterocycles. The molecule has 0 spiro atoms. The summed E-state index contributed by atoms with van der Waals surface area (Å²) < 4.78 is 26.2. The fourth-order valence-corrected chi connectivity index (χ4v) is 1.26. The number of hydrogen-bond acceptors (Lipinski definition) is 3. The summed E-state index contributed by atoms with van der Waals surface area (Å²) in [6, 6.07) is 5.68. The number of nitrogens with one attached hydrogen (secondary N) is 2. The van der Waals surface area contributed by atoms with Gasteiger partial charge in [-0.2, -0.15) is 5.10 Å². The number of aromatic nitrogens is 2. The van der Waals surface area contributed by atoms with E-state index in [9.17, 15) is 18.4 Å². The van der Waals surface area contributed by atoms with Gasteiger partial charge >= 0.3 is 0 Å². The van der Waals surface area contributed by atoms with Crippen molar-refractivity contribution in [3.63, 3.8) is 0 Å². The molecule has 1 heterocycles. The summed E-state index contributed by atoms with van der Waals surface area (Å²) in [5, 5.41) is 7.67. The molecule has 0 aliphatic carbocycles. The van der Waals surface area contributed by atoms with Crippen LogP contribution in [0.2, 0.25) is 0 Å². The minimum Gasteiger partial charge on any atom is -0.318 e. The third kappa shape index (κ3) is 2.40. The summed E-state index contributed by atoms with van der Waals surface area (Å²) in [6.07, 6.45) is 0. The van der Waals surface area contributed by atoms with Crippen LogP contribution in [0.3, 0.4) is 0 Å². The SMILES string of the molecule is O=C(Nc1cccc(F)c1F)c1ccc(=O)[nH]n1. The first-order chi connectivity index (χ1) is 8.58. The Morgan fingerprint density at radius 3 is 2.67 bits per heavy atom. The van der Waals surface area contributed by atoms with Crippen LogP contribution in [0.5, 0.6) is 0 Å². The largest absolute Gasteiger partial charge is 0.318 e. The Morgan fingerprint density at radius 1 is 1.22 bits per heavy atom. The molecule has 2 rings (SSSR count). The average molecular weight is 251 g/mol. The maximum absolute atomic E-state index is 13.3. The van der Waals surface area contributed by atoms with E-state index in [1.165, 1.54) is 18.2 Å². The van der Waals surface area contributed by atoms with Crippen LogP contribution in [0.4, 0.5) is 14.5 Å². The van der Waals surface area contributed by atoms with Crippen LogP contribution < -0.4 is 10.9 Å². The topological polar surface area (TPSA) is 74.8 Å². The van der Waals surface area contributed by atoms with Crippen molar-refractivity contribution in [3.8, 4) is 0 Å². The first-order valence-corrected chi connectivity index (χ1v) is 4.89. The van der Waals surface area contributed by atoms with Crippen molar-refractivity contribution in [1.82, 2.24) is 10.2 Å². The van der Waals surface area contributed by atoms with E-state index in [0.717, 1.165) is 12.1 Å². The molecule has 0 bridgehead atoms. The molecule has 92 valence electrons. The number of carbonyl (C=O) groups is 1. The Hall–Kier alpha value is -2.57. The van der Waals surface area contributed by atoms with E-state index in [4.69, 9.17) is 0 Å². The van der Waals surface area contributed by atoms with E-state index in [1.807, 2.05) is 0 Å². The van der Waals surface area contributed by atoms with Crippen LogP contribution in [0, 0.1) is 11.6 Å². The Labute approximate surface area is 99.5 Å². The Kier molecular flexibility index (Phi) is 3.13. The van der Waals surface area contributed by atoms with Crippen LogP contribution in [0.15, 0.2) is 35.1 Å². The number of aromatic amines is 1. The summed E-state index contributed by atoms with van der Waals surface area (Å²) in [4.78, 5) is 22.3. The molecule has 0 aliphatic rings. The second-order valence-corrected chi connectivity index (χ2v) is 3.36. The van der Waals surface area contributed by atoms with E-state index in [2.05, 4.69) is 15.5 Å². The van der Waals surface area contributed by atoms with Crippen LogP contribution in [-0.4, -0.2) is 16.1 Å². The summed E-state index contributed by atoms with van der Waals surface area (Å²) in [7, 11) is 0. The van der Waals surface area contributed by atoms with Gasteiger partial charge < -0.3 is 5.32 Å². The first kappa shape index (κ1) is 11.9. The predicted octanol–water partition coefficient (Wildman–Crippen LogP) is 1.30. The predicted molar refractivity (Wildman–Crippen MR) is 59.2 cm³/mol. The number of rotatable bonds is 2. The number of carbonyl (C=O) groups excluding carboxylic acids is 1. The van der Waals surface area contributed by atoms with E-state index >= 15 is 0 Å². The molecule has 0 radical (unpaired) electrons. The van der Waals surface area contributed by atoms with Gasteiger partial charge in [-0.15, -0.1) is 0 Å². The Bertz CT molecular complexity index is 634. The molecule has 2 aromatic rings.